The van der Waals surface area contributed by atoms with E-state index in [-0.39, 0.29) is 0 Å². The van der Waals surface area contributed by atoms with Crippen molar-refractivity contribution in [3.8, 4) is 34.1 Å². The Hall–Kier alpha value is -2.75. The van der Waals surface area contributed by atoms with Gasteiger partial charge in [-0.05, 0) is 24.3 Å². The number of ether oxygens (including phenoxy) is 2. The summed E-state index contributed by atoms with van der Waals surface area (Å²) in [5.74, 6) is 2.17. The van der Waals surface area contributed by atoms with E-state index in [0.717, 1.165) is 28.3 Å². The Bertz CT molecular complexity index is 687. The van der Waals surface area contributed by atoms with Crippen LogP contribution >= 0.6 is 0 Å². The highest BCUT2D eigenvalue weighted by molar-refractivity contribution is 5.73. The molecule has 0 N–H and O–H groups in total. The van der Waals surface area contributed by atoms with E-state index in [1.807, 2.05) is 54.6 Å². The zero-order valence-corrected chi connectivity index (χ0v) is 11.9. The normalized spacial score (nSPS) is 10.4. The molecule has 0 amide bonds. The zero-order valence-electron chi connectivity index (χ0n) is 11.9. The number of methoxy groups -OCH3 is 2. The third-order valence-electron chi connectivity index (χ3n) is 3.27. The van der Waals surface area contributed by atoms with E-state index in [9.17, 15) is 0 Å². The molecule has 3 aromatic rings. The number of hydrogen-bond donors (Lipinski definition) is 0. The summed E-state index contributed by atoms with van der Waals surface area (Å²) in [7, 11) is 3.27. The van der Waals surface area contributed by atoms with E-state index in [4.69, 9.17) is 14.0 Å². The lowest BCUT2D eigenvalue weighted by atomic mass is 10.1. The molecule has 2 aromatic carbocycles. The number of hydrogen-bond acceptors (Lipinski definition) is 4. The lowest BCUT2D eigenvalue weighted by Crippen LogP contribution is -1.87. The average molecular weight is 281 g/mol. The van der Waals surface area contributed by atoms with Crippen LogP contribution in [0.25, 0.3) is 22.6 Å². The molecule has 1 aromatic heterocycles. The fourth-order valence-electron chi connectivity index (χ4n) is 2.23. The summed E-state index contributed by atoms with van der Waals surface area (Å²) in [6.07, 6.45) is 0. The molecule has 0 atom stereocenters. The van der Waals surface area contributed by atoms with Gasteiger partial charge in [0.25, 0.3) is 0 Å². The first-order valence-corrected chi connectivity index (χ1v) is 6.57. The van der Waals surface area contributed by atoms with Crippen molar-refractivity contribution in [1.29, 1.82) is 0 Å². The molecule has 1 heterocycles. The molecule has 21 heavy (non-hydrogen) atoms. The standard InChI is InChI=1S/C17H15NO3/c1-19-15-9-5-3-7-12(15)14-11-17(21-18-14)13-8-4-6-10-16(13)20-2/h3-11H,1-2H3. The van der Waals surface area contributed by atoms with Gasteiger partial charge in [0.2, 0.25) is 0 Å². The van der Waals surface area contributed by atoms with Crippen molar-refractivity contribution in [2.24, 2.45) is 0 Å². The molecule has 0 unspecified atom stereocenters. The van der Waals surface area contributed by atoms with Gasteiger partial charge in [-0.1, -0.05) is 29.4 Å². The van der Waals surface area contributed by atoms with E-state index in [1.165, 1.54) is 0 Å². The van der Waals surface area contributed by atoms with Crippen LogP contribution in [0.15, 0.2) is 59.1 Å². The quantitative estimate of drug-likeness (QED) is 0.724. The van der Waals surface area contributed by atoms with Crippen molar-refractivity contribution >= 4 is 0 Å². The highest BCUT2D eigenvalue weighted by atomic mass is 16.5. The number of benzene rings is 2. The van der Waals surface area contributed by atoms with Gasteiger partial charge < -0.3 is 14.0 Å². The van der Waals surface area contributed by atoms with Crippen LogP contribution in [-0.4, -0.2) is 19.4 Å². The van der Waals surface area contributed by atoms with Crippen molar-refractivity contribution < 1.29 is 14.0 Å². The monoisotopic (exact) mass is 281 g/mol. The molecular formula is C17H15NO3. The first-order chi connectivity index (χ1) is 10.3. The topological polar surface area (TPSA) is 44.5 Å². The SMILES string of the molecule is COc1ccccc1-c1cc(-c2ccccc2OC)on1. The van der Waals surface area contributed by atoms with Crippen LogP contribution in [-0.2, 0) is 0 Å². The summed E-state index contributed by atoms with van der Waals surface area (Å²) < 4.78 is 16.2. The largest absolute Gasteiger partial charge is 0.496 e. The first-order valence-electron chi connectivity index (χ1n) is 6.57. The Labute approximate surface area is 122 Å². The highest BCUT2D eigenvalue weighted by Gasteiger charge is 2.14. The number of aromatic nitrogens is 1. The number of nitrogens with zero attached hydrogens (tertiary/aromatic N) is 1. The van der Waals surface area contributed by atoms with Crippen LogP contribution in [0.3, 0.4) is 0 Å². The van der Waals surface area contributed by atoms with Crippen molar-refractivity contribution in [3.63, 3.8) is 0 Å². The van der Waals surface area contributed by atoms with Crippen LogP contribution in [0.2, 0.25) is 0 Å². The maximum atomic E-state index is 5.46. The predicted molar refractivity (Wildman–Crippen MR) is 80.5 cm³/mol. The maximum Gasteiger partial charge on any atom is 0.171 e. The number of rotatable bonds is 4. The highest BCUT2D eigenvalue weighted by Crippen LogP contribution is 2.34. The van der Waals surface area contributed by atoms with Gasteiger partial charge >= 0.3 is 0 Å². The molecule has 0 saturated heterocycles. The molecule has 4 nitrogen and oxygen atoms in total. The van der Waals surface area contributed by atoms with Crippen molar-refractivity contribution in [2.75, 3.05) is 14.2 Å². The van der Waals surface area contributed by atoms with Gasteiger partial charge in [-0.3, -0.25) is 0 Å². The van der Waals surface area contributed by atoms with Gasteiger partial charge in [0.15, 0.2) is 5.76 Å². The van der Waals surface area contributed by atoms with E-state index >= 15 is 0 Å². The lowest BCUT2D eigenvalue weighted by Gasteiger charge is -2.04. The molecule has 3 rings (SSSR count). The minimum absolute atomic E-state index is 0.661. The summed E-state index contributed by atoms with van der Waals surface area (Å²) in [4.78, 5) is 0. The Morgan fingerprint density at radius 1 is 0.810 bits per heavy atom. The molecule has 106 valence electrons. The van der Waals surface area contributed by atoms with Crippen LogP contribution in [0, 0.1) is 0 Å². The lowest BCUT2D eigenvalue weighted by molar-refractivity contribution is 0.405. The molecule has 0 spiro atoms. The number of para-hydroxylation sites is 2. The Morgan fingerprint density at radius 3 is 2.05 bits per heavy atom. The van der Waals surface area contributed by atoms with Gasteiger partial charge in [-0.25, -0.2) is 0 Å². The van der Waals surface area contributed by atoms with Gasteiger partial charge in [-0.15, -0.1) is 0 Å². The second-order valence-corrected chi connectivity index (χ2v) is 4.48. The van der Waals surface area contributed by atoms with E-state index in [1.54, 1.807) is 14.2 Å². The zero-order chi connectivity index (χ0) is 14.7. The second-order valence-electron chi connectivity index (χ2n) is 4.48. The fraction of sp³-hybridized carbons (Fsp3) is 0.118. The van der Waals surface area contributed by atoms with Crippen molar-refractivity contribution in [2.45, 2.75) is 0 Å². The first kappa shape index (κ1) is 13.2. The molecule has 0 aliphatic carbocycles. The third kappa shape index (κ3) is 2.48. The van der Waals surface area contributed by atoms with Crippen LogP contribution in [0.4, 0.5) is 0 Å². The smallest absolute Gasteiger partial charge is 0.171 e. The van der Waals surface area contributed by atoms with Gasteiger partial charge in [0.1, 0.15) is 17.2 Å². The minimum atomic E-state index is 0.661. The van der Waals surface area contributed by atoms with Crippen LogP contribution in [0.5, 0.6) is 11.5 Å². The van der Waals surface area contributed by atoms with E-state index in [0.29, 0.717) is 5.76 Å². The van der Waals surface area contributed by atoms with Gasteiger partial charge in [0.05, 0.1) is 19.8 Å². The average Bonchev–Trinajstić information content (AvgIpc) is 3.04. The molecule has 0 bridgehead atoms. The van der Waals surface area contributed by atoms with Crippen molar-refractivity contribution in [3.05, 3.63) is 54.6 Å². The maximum absolute atomic E-state index is 5.46. The molecule has 0 radical (unpaired) electrons. The fourth-order valence-corrected chi connectivity index (χ4v) is 2.23. The van der Waals surface area contributed by atoms with Crippen LogP contribution in [0.1, 0.15) is 0 Å². The summed E-state index contributed by atoms with van der Waals surface area (Å²) in [6, 6.07) is 17.3. The predicted octanol–water partition coefficient (Wildman–Crippen LogP) is 4.03. The minimum Gasteiger partial charge on any atom is -0.496 e. The molecule has 0 fully saturated rings. The second kappa shape index (κ2) is 5.71. The van der Waals surface area contributed by atoms with Crippen LogP contribution < -0.4 is 9.47 Å². The summed E-state index contributed by atoms with van der Waals surface area (Å²) in [6.45, 7) is 0. The molecular weight excluding hydrogens is 266 g/mol. The Kier molecular flexibility index (Phi) is 3.60. The van der Waals surface area contributed by atoms with E-state index < -0.39 is 0 Å². The van der Waals surface area contributed by atoms with Gasteiger partial charge in [0, 0.05) is 11.6 Å². The molecule has 0 aliphatic heterocycles. The molecule has 0 aliphatic rings. The third-order valence-corrected chi connectivity index (χ3v) is 3.27. The molecule has 4 heteroatoms. The summed E-state index contributed by atoms with van der Waals surface area (Å²) in [5.41, 5.74) is 2.49. The summed E-state index contributed by atoms with van der Waals surface area (Å²) in [5, 5.41) is 4.14. The Morgan fingerprint density at radius 2 is 1.38 bits per heavy atom. The van der Waals surface area contributed by atoms with E-state index in [2.05, 4.69) is 5.16 Å². The van der Waals surface area contributed by atoms with Crippen molar-refractivity contribution in [1.82, 2.24) is 5.16 Å². The molecule has 0 saturated carbocycles. The summed E-state index contributed by atoms with van der Waals surface area (Å²) >= 11 is 0. The Balaban J connectivity index is 2.04. The van der Waals surface area contributed by atoms with Gasteiger partial charge in [-0.2, -0.15) is 0 Å².